The van der Waals surface area contributed by atoms with Crippen LogP contribution in [0.4, 0.5) is 9.93 Å². The Kier molecular flexibility index (Phi) is 7.53. The van der Waals surface area contributed by atoms with Crippen molar-refractivity contribution in [3.8, 4) is 10.6 Å². The van der Waals surface area contributed by atoms with Gasteiger partial charge in [-0.15, -0.1) is 10.2 Å². The number of hydrogen-bond donors (Lipinski definition) is 2. The molecule has 7 nitrogen and oxygen atoms in total. The van der Waals surface area contributed by atoms with Crippen LogP contribution in [0.1, 0.15) is 27.2 Å². The Bertz CT molecular complexity index is 717. The number of benzene rings is 1. The molecule has 0 aliphatic rings. The Balaban J connectivity index is 1.89. The van der Waals surface area contributed by atoms with Crippen LogP contribution in [-0.2, 0) is 4.79 Å². The van der Waals surface area contributed by atoms with E-state index in [1.807, 2.05) is 51.1 Å². The summed E-state index contributed by atoms with van der Waals surface area (Å²) in [6.45, 7) is 7.48. The van der Waals surface area contributed by atoms with E-state index in [0.29, 0.717) is 30.7 Å². The number of amides is 3. The van der Waals surface area contributed by atoms with E-state index in [0.717, 1.165) is 10.6 Å². The van der Waals surface area contributed by atoms with E-state index in [1.165, 1.54) is 11.3 Å². The summed E-state index contributed by atoms with van der Waals surface area (Å²) in [6.07, 6.45) is 0.212. The van der Waals surface area contributed by atoms with Crippen molar-refractivity contribution >= 4 is 28.4 Å². The predicted octanol–water partition coefficient (Wildman–Crippen LogP) is 3.22. The average Bonchev–Trinajstić information content (AvgIpc) is 3.07. The Labute approximate surface area is 157 Å². The van der Waals surface area contributed by atoms with Crippen molar-refractivity contribution in [3.63, 3.8) is 0 Å². The van der Waals surface area contributed by atoms with Crippen LogP contribution in [0, 0.1) is 5.92 Å². The Morgan fingerprint density at radius 3 is 2.58 bits per heavy atom. The van der Waals surface area contributed by atoms with Gasteiger partial charge in [0.15, 0.2) is 0 Å². The van der Waals surface area contributed by atoms with Crippen LogP contribution in [0.5, 0.6) is 0 Å². The van der Waals surface area contributed by atoms with Crippen molar-refractivity contribution in [2.24, 2.45) is 5.92 Å². The maximum Gasteiger partial charge on any atom is 0.317 e. The number of aromatic nitrogens is 2. The van der Waals surface area contributed by atoms with Gasteiger partial charge < -0.3 is 15.5 Å². The second-order valence-corrected chi connectivity index (χ2v) is 7.23. The molecule has 1 aromatic heterocycles. The smallest absolute Gasteiger partial charge is 0.317 e. The minimum atomic E-state index is -0.182. The summed E-state index contributed by atoms with van der Waals surface area (Å²) in [5.74, 6) is 0.149. The standard InChI is InChI=1S/C18H25N5O2S/c1-4-19-18(25)23(12-13(2)3)11-10-15(24)20-17-22-21-16(26-17)14-8-6-5-7-9-14/h5-9,13H,4,10-12H2,1-3H3,(H,19,25)(H,20,22,24). The van der Waals surface area contributed by atoms with Gasteiger partial charge in [-0.2, -0.15) is 0 Å². The zero-order valence-corrected chi connectivity index (χ0v) is 16.2. The summed E-state index contributed by atoms with van der Waals surface area (Å²) in [5.41, 5.74) is 0.963. The lowest BCUT2D eigenvalue weighted by Crippen LogP contribution is -2.43. The first-order valence-corrected chi connectivity index (χ1v) is 9.52. The van der Waals surface area contributed by atoms with E-state index in [-0.39, 0.29) is 18.4 Å². The van der Waals surface area contributed by atoms with E-state index in [4.69, 9.17) is 0 Å². The summed E-state index contributed by atoms with van der Waals surface area (Å²) in [7, 11) is 0. The molecule has 0 aliphatic heterocycles. The molecule has 2 rings (SSSR count). The number of nitrogens with zero attached hydrogens (tertiary/aromatic N) is 3. The van der Waals surface area contributed by atoms with Crippen LogP contribution >= 0.6 is 11.3 Å². The van der Waals surface area contributed by atoms with E-state index < -0.39 is 0 Å². The van der Waals surface area contributed by atoms with Crippen molar-refractivity contribution in [1.82, 2.24) is 20.4 Å². The first kappa shape index (κ1) is 19.8. The predicted molar refractivity (Wildman–Crippen MR) is 104 cm³/mol. The summed E-state index contributed by atoms with van der Waals surface area (Å²) in [5, 5.41) is 14.9. The van der Waals surface area contributed by atoms with Crippen LogP contribution in [-0.4, -0.2) is 46.7 Å². The molecule has 0 aliphatic carbocycles. The minimum absolute atomic E-state index is 0.142. The quantitative estimate of drug-likeness (QED) is 0.742. The molecule has 0 radical (unpaired) electrons. The summed E-state index contributed by atoms with van der Waals surface area (Å²) in [6, 6.07) is 9.55. The third-order valence-corrected chi connectivity index (χ3v) is 4.39. The second kappa shape index (κ2) is 9.86. The first-order chi connectivity index (χ1) is 12.5. The fraction of sp³-hybridized carbons (Fsp3) is 0.444. The number of hydrogen-bond acceptors (Lipinski definition) is 5. The average molecular weight is 375 g/mol. The van der Waals surface area contributed by atoms with Gasteiger partial charge in [-0.1, -0.05) is 55.5 Å². The van der Waals surface area contributed by atoms with E-state index in [2.05, 4.69) is 20.8 Å². The second-order valence-electron chi connectivity index (χ2n) is 6.25. The zero-order chi connectivity index (χ0) is 18.9. The van der Waals surface area contributed by atoms with Gasteiger partial charge in [-0.05, 0) is 12.8 Å². The zero-order valence-electron chi connectivity index (χ0n) is 15.4. The molecule has 2 aromatic rings. The molecular weight excluding hydrogens is 350 g/mol. The fourth-order valence-corrected chi connectivity index (χ4v) is 3.13. The minimum Gasteiger partial charge on any atom is -0.338 e. The lowest BCUT2D eigenvalue weighted by Gasteiger charge is -2.24. The van der Waals surface area contributed by atoms with Crippen molar-refractivity contribution < 1.29 is 9.59 Å². The van der Waals surface area contributed by atoms with Crippen LogP contribution < -0.4 is 10.6 Å². The summed E-state index contributed by atoms with van der Waals surface area (Å²) in [4.78, 5) is 25.9. The lowest BCUT2D eigenvalue weighted by atomic mass is 10.2. The highest BCUT2D eigenvalue weighted by atomic mass is 32.1. The number of nitrogens with one attached hydrogen (secondary N) is 2. The Morgan fingerprint density at radius 2 is 1.92 bits per heavy atom. The van der Waals surface area contributed by atoms with Crippen LogP contribution in [0.25, 0.3) is 10.6 Å². The van der Waals surface area contributed by atoms with Gasteiger partial charge in [0.05, 0.1) is 0 Å². The number of urea groups is 1. The summed E-state index contributed by atoms with van der Waals surface area (Å²) >= 11 is 1.33. The maximum atomic E-state index is 12.2. The molecule has 0 saturated carbocycles. The number of carbonyl (C=O) groups is 2. The van der Waals surface area contributed by atoms with Gasteiger partial charge in [0.2, 0.25) is 11.0 Å². The van der Waals surface area contributed by atoms with Crippen molar-refractivity contribution in [2.45, 2.75) is 27.2 Å². The van der Waals surface area contributed by atoms with E-state index in [1.54, 1.807) is 4.90 Å². The Morgan fingerprint density at radius 1 is 1.19 bits per heavy atom. The molecule has 8 heteroatoms. The van der Waals surface area contributed by atoms with Gasteiger partial charge >= 0.3 is 6.03 Å². The molecule has 3 amide bonds. The van der Waals surface area contributed by atoms with E-state index >= 15 is 0 Å². The highest BCUT2D eigenvalue weighted by molar-refractivity contribution is 7.18. The number of rotatable bonds is 8. The monoisotopic (exact) mass is 375 g/mol. The molecule has 0 spiro atoms. The fourth-order valence-electron chi connectivity index (χ4n) is 2.37. The van der Waals surface area contributed by atoms with Gasteiger partial charge in [0, 0.05) is 31.6 Å². The highest BCUT2D eigenvalue weighted by Crippen LogP contribution is 2.25. The van der Waals surface area contributed by atoms with Gasteiger partial charge in [0.25, 0.3) is 0 Å². The molecule has 0 bridgehead atoms. The molecule has 2 N–H and O–H groups in total. The van der Waals surface area contributed by atoms with Gasteiger partial charge in [0.1, 0.15) is 5.01 Å². The van der Waals surface area contributed by atoms with E-state index in [9.17, 15) is 9.59 Å². The molecule has 140 valence electrons. The maximum absolute atomic E-state index is 12.2. The first-order valence-electron chi connectivity index (χ1n) is 8.71. The molecule has 26 heavy (non-hydrogen) atoms. The Hall–Kier alpha value is -2.48. The molecule has 0 unspecified atom stereocenters. The SMILES string of the molecule is CCNC(=O)N(CCC(=O)Nc1nnc(-c2ccccc2)s1)CC(C)C. The molecule has 1 aromatic carbocycles. The largest absolute Gasteiger partial charge is 0.338 e. The highest BCUT2D eigenvalue weighted by Gasteiger charge is 2.16. The third-order valence-electron chi connectivity index (χ3n) is 3.50. The van der Waals surface area contributed by atoms with Crippen molar-refractivity contribution in [1.29, 1.82) is 0 Å². The molecule has 0 saturated heterocycles. The van der Waals surface area contributed by atoms with Crippen LogP contribution in [0.15, 0.2) is 30.3 Å². The topological polar surface area (TPSA) is 87.2 Å². The van der Waals surface area contributed by atoms with Crippen LogP contribution in [0.3, 0.4) is 0 Å². The van der Waals surface area contributed by atoms with Crippen molar-refractivity contribution in [3.05, 3.63) is 30.3 Å². The van der Waals surface area contributed by atoms with Crippen molar-refractivity contribution in [2.75, 3.05) is 25.0 Å². The molecule has 0 fully saturated rings. The third kappa shape index (κ3) is 6.11. The normalized spacial score (nSPS) is 10.6. The van der Waals surface area contributed by atoms with Gasteiger partial charge in [-0.25, -0.2) is 4.79 Å². The van der Waals surface area contributed by atoms with Gasteiger partial charge in [-0.3, -0.25) is 4.79 Å². The number of carbonyl (C=O) groups excluding carboxylic acids is 2. The lowest BCUT2D eigenvalue weighted by molar-refractivity contribution is -0.116. The number of anilines is 1. The molecule has 0 atom stereocenters. The molecular formula is C18H25N5O2S. The molecule has 1 heterocycles. The van der Waals surface area contributed by atoms with Crippen LogP contribution in [0.2, 0.25) is 0 Å². The summed E-state index contributed by atoms with van der Waals surface area (Å²) < 4.78 is 0.